The van der Waals surface area contributed by atoms with E-state index in [9.17, 15) is 0 Å². The summed E-state index contributed by atoms with van der Waals surface area (Å²) >= 11 is 8.11. The third kappa shape index (κ3) is 3.10. The van der Waals surface area contributed by atoms with Crippen LogP contribution in [0.5, 0.6) is 0 Å². The average molecular weight is 317 g/mol. The minimum Gasteiger partial charge on any atom is -0.310 e. The Balaban J connectivity index is 1.94. The van der Waals surface area contributed by atoms with Gasteiger partial charge < -0.3 is 5.32 Å². The lowest BCUT2D eigenvalue weighted by atomic mass is 9.99. The number of fused-ring (bicyclic) bond motifs is 1. The molecule has 0 aliphatic heterocycles. The molecule has 21 heavy (non-hydrogen) atoms. The van der Waals surface area contributed by atoms with Gasteiger partial charge in [0.2, 0.25) is 0 Å². The molecule has 2 heterocycles. The maximum Gasteiger partial charge on any atom is 0.0637 e. The van der Waals surface area contributed by atoms with Crippen LogP contribution < -0.4 is 5.32 Å². The van der Waals surface area contributed by atoms with Crippen LogP contribution in [0.4, 0.5) is 0 Å². The van der Waals surface area contributed by atoms with Crippen LogP contribution in [0.2, 0.25) is 5.02 Å². The minimum absolute atomic E-state index is 0.212. The smallest absolute Gasteiger partial charge is 0.0637 e. The molecule has 3 aromatic rings. The molecule has 4 heteroatoms. The van der Waals surface area contributed by atoms with E-state index in [-0.39, 0.29) is 6.04 Å². The van der Waals surface area contributed by atoms with Crippen molar-refractivity contribution in [2.45, 2.75) is 19.4 Å². The Hall–Kier alpha value is -1.42. The van der Waals surface area contributed by atoms with E-state index in [1.165, 1.54) is 15.6 Å². The maximum absolute atomic E-state index is 6.31. The highest BCUT2D eigenvalue weighted by molar-refractivity contribution is 7.17. The van der Waals surface area contributed by atoms with Crippen LogP contribution in [0.25, 0.3) is 10.1 Å². The van der Waals surface area contributed by atoms with Gasteiger partial charge in [-0.25, -0.2) is 0 Å². The molecule has 1 N–H and O–H groups in total. The van der Waals surface area contributed by atoms with E-state index < -0.39 is 0 Å². The zero-order valence-electron chi connectivity index (χ0n) is 11.8. The number of rotatable bonds is 5. The second-order valence-corrected chi connectivity index (χ2v) is 6.29. The van der Waals surface area contributed by atoms with Gasteiger partial charge in [0, 0.05) is 23.1 Å². The van der Waals surface area contributed by atoms with Crippen molar-refractivity contribution >= 4 is 33.0 Å². The molecule has 2 aromatic heterocycles. The van der Waals surface area contributed by atoms with Gasteiger partial charge in [-0.2, -0.15) is 0 Å². The number of likely N-dealkylation sites (N-methyl/N-ethyl adjacent to an activating group) is 1. The molecule has 0 bridgehead atoms. The summed E-state index contributed by atoms with van der Waals surface area (Å²) in [5.41, 5.74) is 2.48. The summed E-state index contributed by atoms with van der Waals surface area (Å²) in [6, 6.07) is 10.8. The highest BCUT2D eigenvalue weighted by Crippen LogP contribution is 2.31. The normalized spacial score (nSPS) is 12.7. The van der Waals surface area contributed by atoms with E-state index in [2.05, 4.69) is 46.9 Å². The van der Waals surface area contributed by atoms with E-state index in [1.54, 1.807) is 23.7 Å². The lowest BCUT2D eigenvalue weighted by molar-refractivity contribution is 0.551. The van der Waals surface area contributed by atoms with Gasteiger partial charge in [0.05, 0.1) is 5.02 Å². The Morgan fingerprint density at radius 3 is 2.95 bits per heavy atom. The largest absolute Gasteiger partial charge is 0.310 e. The summed E-state index contributed by atoms with van der Waals surface area (Å²) in [4.78, 5) is 4.08. The van der Waals surface area contributed by atoms with Gasteiger partial charge in [-0.1, -0.05) is 36.7 Å². The highest BCUT2D eigenvalue weighted by Gasteiger charge is 2.16. The molecule has 0 spiro atoms. The van der Waals surface area contributed by atoms with E-state index in [4.69, 9.17) is 11.6 Å². The number of hydrogen-bond donors (Lipinski definition) is 1. The molecular formula is C17H17ClN2S. The van der Waals surface area contributed by atoms with Crippen molar-refractivity contribution in [2.24, 2.45) is 0 Å². The van der Waals surface area contributed by atoms with Crippen LogP contribution in [-0.2, 0) is 6.42 Å². The molecule has 3 rings (SSSR count). The third-order valence-electron chi connectivity index (χ3n) is 3.61. The molecule has 0 saturated carbocycles. The summed E-state index contributed by atoms with van der Waals surface area (Å²) in [5, 5.41) is 7.86. The minimum atomic E-state index is 0.212. The number of nitrogens with zero attached hydrogens (tertiary/aromatic N) is 1. The van der Waals surface area contributed by atoms with Gasteiger partial charge in [-0.05, 0) is 47.0 Å². The SMILES string of the molecule is CCNC(Cc1csc2ccccc12)c1ccncc1Cl. The first-order valence-corrected chi connectivity index (χ1v) is 8.33. The molecule has 1 atom stereocenters. The standard InChI is InChI=1S/C17H17ClN2S/c1-2-20-16(14-7-8-19-10-15(14)18)9-12-11-21-17-6-4-3-5-13(12)17/h3-8,10-11,16,20H,2,9H2,1H3. The van der Waals surface area contributed by atoms with Crippen LogP contribution in [0.15, 0.2) is 48.1 Å². The van der Waals surface area contributed by atoms with Crippen molar-refractivity contribution in [3.8, 4) is 0 Å². The Kier molecular flexibility index (Phi) is 4.54. The number of benzene rings is 1. The van der Waals surface area contributed by atoms with Crippen molar-refractivity contribution in [1.29, 1.82) is 0 Å². The lowest BCUT2D eigenvalue weighted by Gasteiger charge is -2.19. The van der Waals surface area contributed by atoms with Crippen LogP contribution in [-0.4, -0.2) is 11.5 Å². The van der Waals surface area contributed by atoms with Gasteiger partial charge in [0.25, 0.3) is 0 Å². The first-order valence-electron chi connectivity index (χ1n) is 7.07. The van der Waals surface area contributed by atoms with E-state index in [1.807, 2.05) is 6.07 Å². The van der Waals surface area contributed by atoms with Crippen LogP contribution >= 0.6 is 22.9 Å². The highest BCUT2D eigenvalue weighted by atomic mass is 35.5. The molecule has 108 valence electrons. The van der Waals surface area contributed by atoms with Crippen LogP contribution in [0, 0.1) is 0 Å². The number of nitrogens with one attached hydrogen (secondary N) is 1. The average Bonchev–Trinajstić information content (AvgIpc) is 2.91. The first kappa shape index (κ1) is 14.5. The van der Waals surface area contributed by atoms with Gasteiger partial charge in [0.15, 0.2) is 0 Å². The van der Waals surface area contributed by atoms with Crippen molar-refractivity contribution in [2.75, 3.05) is 6.54 Å². The maximum atomic E-state index is 6.31. The van der Waals surface area contributed by atoms with Crippen molar-refractivity contribution in [3.63, 3.8) is 0 Å². The topological polar surface area (TPSA) is 24.9 Å². The molecule has 0 saturated heterocycles. The van der Waals surface area contributed by atoms with Gasteiger partial charge >= 0.3 is 0 Å². The molecule has 0 amide bonds. The van der Waals surface area contributed by atoms with Gasteiger partial charge in [-0.3, -0.25) is 4.98 Å². The summed E-state index contributed by atoms with van der Waals surface area (Å²) in [5.74, 6) is 0. The fraction of sp³-hybridized carbons (Fsp3) is 0.235. The Labute approximate surface area is 133 Å². The predicted molar refractivity (Wildman–Crippen MR) is 91.2 cm³/mol. The molecule has 1 aromatic carbocycles. The lowest BCUT2D eigenvalue weighted by Crippen LogP contribution is -2.23. The summed E-state index contributed by atoms with van der Waals surface area (Å²) in [6.07, 6.45) is 4.45. The summed E-state index contributed by atoms with van der Waals surface area (Å²) in [6.45, 7) is 3.03. The van der Waals surface area contributed by atoms with Crippen LogP contribution in [0.3, 0.4) is 0 Å². The van der Waals surface area contributed by atoms with E-state index >= 15 is 0 Å². The molecule has 1 unspecified atom stereocenters. The number of halogens is 1. The van der Waals surface area contributed by atoms with Crippen molar-refractivity contribution in [3.05, 3.63) is 64.3 Å². The summed E-state index contributed by atoms with van der Waals surface area (Å²) in [7, 11) is 0. The number of pyridine rings is 1. The number of aromatic nitrogens is 1. The van der Waals surface area contributed by atoms with Gasteiger partial charge in [0.1, 0.15) is 0 Å². The fourth-order valence-corrected chi connectivity index (χ4v) is 3.84. The molecule has 0 aliphatic carbocycles. The Morgan fingerprint density at radius 1 is 1.29 bits per heavy atom. The van der Waals surface area contributed by atoms with Crippen molar-refractivity contribution in [1.82, 2.24) is 10.3 Å². The third-order valence-corrected chi connectivity index (χ3v) is 4.94. The molecule has 0 fully saturated rings. The van der Waals surface area contributed by atoms with E-state index in [0.29, 0.717) is 0 Å². The molecule has 2 nitrogen and oxygen atoms in total. The molecule has 0 aliphatic rings. The second-order valence-electron chi connectivity index (χ2n) is 4.97. The first-order chi connectivity index (χ1) is 10.3. The summed E-state index contributed by atoms with van der Waals surface area (Å²) < 4.78 is 1.34. The Bertz CT molecular complexity index is 738. The molecule has 0 radical (unpaired) electrons. The number of hydrogen-bond acceptors (Lipinski definition) is 3. The monoisotopic (exact) mass is 316 g/mol. The Morgan fingerprint density at radius 2 is 2.14 bits per heavy atom. The zero-order valence-corrected chi connectivity index (χ0v) is 13.4. The number of thiophene rings is 1. The van der Waals surface area contributed by atoms with Crippen molar-refractivity contribution < 1.29 is 0 Å². The predicted octanol–water partition coefficient (Wildman–Crippen LogP) is 4.84. The van der Waals surface area contributed by atoms with E-state index in [0.717, 1.165) is 23.6 Å². The fourth-order valence-electron chi connectivity index (χ4n) is 2.62. The zero-order chi connectivity index (χ0) is 14.7. The quantitative estimate of drug-likeness (QED) is 0.728. The van der Waals surface area contributed by atoms with Gasteiger partial charge in [-0.15, -0.1) is 11.3 Å². The van der Waals surface area contributed by atoms with Crippen LogP contribution in [0.1, 0.15) is 24.1 Å². The molecular weight excluding hydrogens is 300 g/mol. The second kappa shape index (κ2) is 6.56.